The van der Waals surface area contributed by atoms with Gasteiger partial charge in [0.2, 0.25) is 0 Å². The number of nitrogens with one attached hydrogen (secondary N) is 1. The number of aryl methyl sites for hydroxylation is 1. The molecule has 2 heterocycles. The van der Waals surface area contributed by atoms with E-state index < -0.39 is 0 Å². The standard InChI is InChI=1S/C15H19N3O2/c1-3-13(17-12-9-16-18(2)10-12)11-4-5-14-15(8-11)20-7-6-19-14/h4-5,8-10,13,17H,3,6-7H2,1-2H3/t13-/m1/s1. The van der Waals surface area contributed by atoms with Crippen molar-refractivity contribution >= 4 is 5.69 Å². The van der Waals surface area contributed by atoms with Crippen molar-refractivity contribution in [3.8, 4) is 11.5 Å². The van der Waals surface area contributed by atoms with Crippen molar-refractivity contribution in [2.45, 2.75) is 19.4 Å². The van der Waals surface area contributed by atoms with Crippen molar-refractivity contribution in [1.82, 2.24) is 9.78 Å². The van der Waals surface area contributed by atoms with Gasteiger partial charge in [0.1, 0.15) is 13.2 Å². The zero-order valence-electron chi connectivity index (χ0n) is 11.8. The maximum atomic E-state index is 5.64. The van der Waals surface area contributed by atoms with E-state index in [-0.39, 0.29) is 6.04 Å². The molecule has 0 radical (unpaired) electrons. The lowest BCUT2D eigenvalue weighted by atomic mass is 10.0. The maximum absolute atomic E-state index is 5.64. The molecule has 0 bridgehead atoms. The van der Waals surface area contributed by atoms with Crippen molar-refractivity contribution in [1.29, 1.82) is 0 Å². The molecule has 3 rings (SSSR count). The molecule has 5 heteroatoms. The summed E-state index contributed by atoms with van der Waals surface area (Å²) in [5, 5.41) is 7.67. The monoisotopic (exact) mass is 273 g/mol. The lowest BCUT2D eigenvalue weighted by molar-refractivity contribution is 0.171. The molecule has 1 aromatic carbocycles. The molecule has 0 saturated heterocycles. The van der Waals surface area contributed by atoms with Crippen LogP contribution < -0.4 is 14.8 Å². The van der Waals surface area contributed by atoms with Crippen LogP contribution in [0, 0.1) is 0 Å². The van der Waals surface area contributed by atoms with Gasteiger partial charge in [0.05, 0.1) is 17.9 Å². The van der Waals surface area contributed by atoms with Crippen LogP contribution in [-0.2, 0) is 7.05 Å². The summed E-state index contributed by atoms with van der Waals surface area (Å²) in [6, 6.07) is 6.36. The molecular formula is C15H19N3O2. The van der Waals surface area contributed by atoms with E-state index in [2.05, 4.69) is 29.5 Å². The first-order chi connectivity index (χ1) is 9.76. The van der Waals surface area contributed by atoms with Crippen LogP contribution in [0.5, 0.6) is 11.5 Å². The molecule has 2 aromatic rings. The zero-order chi connectivity index (χ0) is 13.9. The van der Waals surface area contributed by atoms with Gasteiger partial charge in [-0.15, -0.1) is 0 Å². The predicted molar refractivity (Wildman–Crippen MR) is 77.3 cm³/mol. The minimum absolute atomic E-state index is 0.232. The van der Waals surface area contributed by atoms with E-state index in [0.717, 1.165) is 23.6 Å². The Morgan fingerprint density at radius 3 is 2.80 bits per heavy atom. The second kappa shape index (κ2) is 5.45. The fourth-order valence-corrected chi connectivity index (χ4v) is 2.39. The highest BCUT2D eigenvalue weighted by molar-refractivity contribution is 5.47. The smallest absolute Gasteiger partial charge is 0.161 e. The Balaban J connectivity index is 1.81. The van der Waals surface area contributed by atoms with Crippen molar-refractivity contribution in [3.05, 3.63) is 36.2 Å². The number of fused-ring (bicyclic) bond motifs is 1. The average Bonchev–Trinajstić information content (AvgIpc) is 2.89. The molecule has 0 aliphatic carbocycles. The van der Waals surface area contributed by atoms with Crippen molar-refractivity contribution < 1.29 is 9.47 Å². The van der Waals surface area contributed by atoms with Crippen LogP contribution in [-0.4, -0.2) is 23.0 Å². The third kappa shape index (κ3) is 2.57. The predicted octanol–water partition coefficient (Wildman–Crippen LogP) is 2.75. The van der Waals surface area contributed by atoms with Gasteiger partial charge in [-0.25, -0.2) is 0 Å². The molecule has 106 valence electrons. The molecule has 1 aliphatic heterocycles. The van der Waals surface area contributed by atoms with Crippen LogP contribution in [0.3, 0.4) is 0 Å². The Bertz CT molecular complexity index is 595. The number of rotatable bonds is 4. The minimum atomic E-state index is 0.232. The van der Waals surface area contributed by atoms with Crippen LogP contribution in [0.2, 0.25) is 0 Å². The third-order valence-electron chi connectivity index (χ3n) is 3.42. The SMILES string of the molecule is CC[C@@H](Nc1cnn(C)c1)c1ccc2c(c1)OCCO2. The van der Waals surface area contributed by atoms with Gasteiger partial charge in [-0.2, -0.15) is 5.10 Å². The largest absolute Gasteiger partial charge is 0.486 e. The summed E-state index contributed by atoms with van der Waals surface area (Å²) in [6.07, 6.45) is 4.79. The van der Waals surface area contributed by atoms with Gasteiger partial charge in [-0.1, -0.05) is 13.0 Å². The van der Waals surface area contributed by atoms with Crippen LogP contribution >= 0.6 is 0 Å². The molecule has 0 unspecified atom stereocenters. The summed E-state index contributed by atoms with van der Waals surface area (Å²) in [5.41, 5.74) is 2.22. The Morgan fingerprint density at radius 1 is 1.30 bits per heavy atom. The Labute approximate surface area is 118 Å². The maximum Gasteiger partial charge on any atom is 0.161 e. The zero-order valence-corrected chi connectivity index (χ0v) is 11.8. The van der Waals surface area contributed by atoms with Crippen LogP contribution in [0.15, 0.2) is 30.6 Å². The highest BCUT2D eigenvalue weighted by atomic mass is 16.6. The van der Waals surface area contributed by atoms with E-state index >= 15 is 0 Å². The van der Waals surface area contributed by atoms with E-state index in [1.165, 1.54) is 5.56 Å². The molecule has 0 spiro atoms. The van der Waals surface area contributed by atoms with E-state index in [9.17, 15) is 0 Å². The number of benzene rings is 1. The van der Waals surface area contributed by atoms with Gasteiger partial charge in [-0.3, -0.25) is 4.68 Å². The topological polar surface area (TPSA) is 48.3 Å². The lowest BCUT2D eigenvalue weighted by Crippen LogP contribution is -2.16. The van der Waals surface area contributed by atoms with Gasteiger partial charge in [0, 0.05) is 13.2 Å². The van der Waals surface area contributed by atoms with Gasteiger partial charge in [0.25, 0.3) is 0 Å². The first-order valence-corrected chi connectivity index (χ1v) is 6.91. The Kier molecular flexibility index (Phi) is 3.50. The van der Waals surface area contributed by atoms with Gasteiger partial charge < -0.3 is 14.8 Å². The summed E-state index contributed by atoms with van der Waals surface area (Å²) in [4.78, 5) is 0. The fraction of sp³-hybridized carbons (Fsp3) is 0.400. The Morgan fingerprint density at radius 2 is 2.10 bits per heavy atom. The fourth-order valence-electron chi connectivity index (χ4n) is 2.39. The van der Waals surface area contributed by atoms with Gasteiger partial charge in [-0.05, 0) is 24.1 Å². The highest BCUT2D eigenvalue weighted by Gasteiger charge is 2.16. The molecular weight excluding hydrogens is 254 g/mol. The number of hydrogen-bond donors (Lipinski definition) is 1. The summed E-state index contributed by atoms with van der Waals surface area (Å²) in [5.74, 6) is 1.66. The summed E-state index contributed by atoms with van der Waals surface area (Å²) in [7, 11) is 1.91. The molecule has 20 heavy (non-hydrogen) atoms. The summed E-state index contributed by atoms with van der Waals surface area (Å²) in [6.45, 7) is 3.39. The van der Waals surface area contributed by atoms with E-state index in [0.29, 0.717) is 13.2 Å². The number of anilines is 1. The molecule has 1 atom stereocenters. The minimum Gasteiger partial charge on any atom is -0.486 e. The van der Waals surface area contributed by atoms with Crippen LogP contribution in [0.4, 0.5) is 5.69 Å². The summed E-state index contributed by atoms with van der Waals surface area (Å²) < 4.78 is 13.0. The quantitative estimate of drug-likeness (QED) is 0.930. The molecule has 0 fully saturated rings. The van der Waals surface area contributed by atoms with Crippen LogP contribution in [0.25, 0.3) is 0 Å². The van der Waals surface area contributed by atoms with Crippen molar-refractivity contribution in [2.24, 2.45) is 7.05 Å². The number of nitrogens with zero attached hydrogens (tertiary/aromatic N) is 2. The van der Waals surface area contributed by atoms with E-state index in [4.69, 9.17) is 9.47 Å². The molecule has 5 nitrogen and oxygen atoms in total. The first kappa shape index (κ1) is 12.8. The number of hydrogen-bond acceptors (Lipinski definition) is 4. The molecule has 0 amide bonds. The summed E-state index contributed by atoms with van der Waals surface area (Å²) >= 11 is 0. The van der Waals surface area contributed by atoms with E-state index in [1.807, 2.05) is 25.5 Å². The van der Waals surface area contributed by atoms with E-state index in [1.54, 1.807) is 4.68 Å². The highest BCUT2D eigenvalue weighted by Crippen LogP contribution is 2.34. The van der Waals surface area contributed by atoms with Crippen molar-refractivity contribution in [2.75, 3.05) is 18.5 Å². The molecule has 0 saturated carbocycles. The lowest BCUT2D eigenvalue weighted by Gasteiger charge is -2.22. The normalized spacial score (nSPS) is 14.9. The van der Waals surface area contributed by atoms with Gasteiger partial charge >= 0.3 is 0 Å². The first-order valence-electron chi connectivity index (χ1n) is 6.91. The van der Waals surface area contributed by atoms with Crippen molar-refractivity contribution in [3.63, 3.8) is 0 Å². The molecule has 1 N–H and O–H groups in total. The molecule has 1 aromatic heterocycles. The Hall–Kier alpha value is -2.17. The second-order valence-corrected chi connectivity index (χ2v) is 4.91. The third-order valence-corrected chi connectivity index (χ3v) is 3.42. The average molecular weight is 273 g/mol. The van der Waals surface area contributed by atoms with Gasteiger partial charge in [0.15, 0.2) is 11.5 Å². The second-order valence-electron chi connectivity index (χ2n) is 4.91. The number of ether oxygens (including phenoxy) is 2. The number of aromatic nitrogens is 2. The van der Waals surface area contributed by atoms with Crippen LogP contribution in [0.1, 0.15) is 24.9 Å². The molecule has 1 aliphatic rings.